The maximum Gasteiger partial charge on any atom is 0.328 e. The highest BCUT2D eigenvalue weighted by Gasteiger charge is 2.36. The molecule has 1 amide bonds. The Labute approximate surface area is 173 Å². The number of nitrogens with one attached hydrogen (secondary N) is 1. The number of rotatable bonds is 6. The molecule has 1 saturated heterocycles. The molecule has 158 valence electrons. The highest BCUT2D eigenvalue weighted by Crippen LogP contribution is 2.39. The number of amides is 1. The second-order valence-electron chi connectivity index (χ2n) is 7.34. The van der Waals surface area contributed by atoms with Crippen molar-refractivity contribution in [2.75, 3.05) is 20.2 Å². The van der Waals surface area contributed by atoms with Crippen molar-refractivity contribution in [1.82, 2.24) is 9.62 Å². The minimum absolute atomic E-state index is 0.0497. The second kappa shape index (κ2) is 8.72. The van der Waals surface area contributed by atoms with Crippen LogP contribution in [0.1, 0.15) is 26.7 Å². The van der Waals surface area contributed by atoms with Crippen molar-refractivity contribution in [3.63, 3.8) is 0 Å². The van der Waals surface area contributed by atoms with Crippen molar-refractivity contribution in [2.24, 2.45) is 20.6 Å². The number of carbonyl (C=O) groups is 2. The third kappa shape index (κ3) is 4.41. The van der Waals surface area contributed by atoms with Gasteiger partial charge in [0.05, 0.1) is 24.4 Å². The lowest BCUT2D eigenvalue weighted by molar-refractivity contribution is -0.147. The zero-order valence-corrected chi connectivity index (χ0v) is 18.1. The summed E-state index contributed by atoms with van der Waals surface area (Å²) < 4.78 is 40.7. The van der Waals surface area contributed by atoms with Gasteiger partial charge in [-0.15, -0.1) is 0 Å². The summed E-state index contributed by atoms with van der Waals surface area (Å²) in [5, 5.41) is 2.72. The number of benzene rings is 1. The number of methoxy groups -OCH3 is 1. The van der Waals surface area contributed by atoms with Gasteiger partial charge in [0.1, 0.15) is 22.3 Å². The number of carbonyl (C=O) groups excluding carboxylic acids is 2. The number of esters is 1. The van der Waals surface area contributed by atoms with Gasteiger partial charge in [0.15, 0.2) is 0 Å². The third-order valence-electron chi connectivity index (χ3n) is 5.04. The summed E-state index contributed by atoms with van der Waals surface area (Å²) in [6.07, 6.45) is 1.10. The van der Waals surface area contributed by atoms with Crippen molar-refractivity contribution in [3.05, 3.63) is 18.2 Å². The number of hydrogen-bond donors (Lipinski definition) is 1. The van der Waals surface area contributed by atoms with Crippen molar-refractivity contribution < 1.29 is 22.7 Å². The van der Waals surface area contributed by atoms with Crippen molar-refractivity contribution in [1.29, 1.82) is 0 Å². The zero-order valence-electron chi connectivity index (χ0n) is 16.5. The highest BCUT2D eigenvalue weighted by atomic mass is 32.2. The molecule has 0 radical (unpaired) electrons. The Kier molecular flexibility index (Phi) is 6.49. The van der Waals surface area contributed by atoms with Crippen LogP contribution in [0.5, 0.6) is 0 Å². The van der Waals surface area contributed by atoms with Gasteiger partial charge in [-0.25, -0.2) is 13.2 Å². The molecule has 29 heavy (non-hydrogen) atoms. The van der Waals surface area contributed by atoms with Crippen LogP contribution in [0.4, 0.5) is 11.4 Å². The highest BCUT2D eigenvalue weighted by molar-refractivity contribution is 7.89. The SMILES string of the molecule is COC(=O)[C@H](NC(=O)[C@@H]1CCCN(S(=O)(=O)c2cccc3c2N=S=N3)C1)C(C)C. The van der Waals surface area contributed by atoms with E-state index in [0.29, 0.717) is 30.8 Å². The summed E-state index contributed by atoms with van der Waals surface area (Å²) in [6.45, 7) is 3.99. The number of fused-ring (bicyclic) bond motifs is 1. The van der Waals surface area contributed by atoms with Gasteiger partial charge in [0, 0.05) is 13.1 Å². The molecule has 1 aromatic carbocycles. The molecule has 0 aliphatic carbocycles. The maximum atomic E-state index is 13.2. The van der Waals surface area contributed by atoms with Crippen LogP contribution in [0, 0.1) is 11.8 Å². The molecule has 0 aromatic heterocycles. The monoisotopic (exact) mass is 440 g/mol. The number of nitrogens with zero attached hydrogens (tertiary/aromatic N) is 3. The minimum atomic E-state index is -3.82. The van der Waals surface area contributed by atoms with Crippen molar-refractivity contribution in [3.8, 4) is 0 Å². The van der Waals surface area contributed by atoms with Crippen molar-refractivity contribution >= 4 is 44.6 Å². The lowest BCUT2D eigenvalue weighted by Gasteiger charge is -2.32. The topological polar surface area (TPSA) is 118 Å². The summed E-state index contributed by atoms with van der Waals surface area (Å²) in [5.41, 5.74) is 0.870. The third-order valence-corrected chi connectivity index (χ3v) is 7.48. The van der Waals surface area contributed by atoms with Crippen LogP contribution in [-0.2, 0) is 35.7 Å². The molecule has 0 spiro atoms. The molecule has 1 aromatic rings. The molecule has 0 unspecified atom stereocenters. The molecule has 2 heterocycles. The quantitative estimate of drug-likeness (QED) is 0.691. The second-order valence-corrected chi connectivity index (χ2v) is 9.78. The molecule has 2 atom stereocenters. The first-order valence-electron chi connectivity index (χ1n) is 9.35. The van der Waals surface area contributed by atoms with E-state index in [1.165, 1.54) is 17.5 Å². The smallest absolute Gasteiger partial charge is 0.328 e. The normalized spacial score (nSPS) is 20.1. The van der Waals surface area contributed by atoms with E-state index in [2.05, 4.69) is 14.0 Å². The first-order valence-corrected chi connectivity index (χ1v) is 11.5. The summed E-state index contributed by atoms with van der Waals surface area (Å²) in [5.74, 6) is -1.55. The van der Waals surface area contributed by atoms with E-state index >= 15 is 0 Å². The Morgan fingerprint density at radius 2 is 2.07 bits per heavy atom. The zero-order chi connectivity index (χ0) is 21.2. The Hall–Kier alpha value is -2.11. The molecule has 0 saturated carbocycles. The minimum Gasteiger partial charge on any atom is -0.467 e. The van der Waals surface area contributed by atoms with Gasteiger partial charge in [-0.2, -0.15) is 13.0 Å². The van der Waals surface area contributed by atoms with E-state index in [1.807, 2.05) is 13.8 Å². The van der Waals surface area contributed by atoms with E-state index in [9.17, 15) is 18.0 Å². The van der Waals surface area contributed by atoms with Crippen LogP contribution in [0.15, 0.2) is 31.8 Å². The van der Waals surface area contributed by atoms with Crippen LogP contribution in [0.2, 0.25) is 0 Å². The molecular weight excluding hydrogens is 416 g/mol. The van der Waals surface area contributed by atoms with Crippen LogP contribution < -0.4 is 5.32 Å². The average molecular weight is 441 g/mol. The fourth-order valence-corrected chi connectivity index (χ4v) is 5.68. The Bertz CT molecular complexity index is 986. The van der Waals surface area contributed by atoms with Gasteiger partial charge in [0.2, 0.25) is 15.9 Å². The molecule has 1 N–H and O–H groups in total. The summed E-state index contributed by atoms with van der Waals surface area (Å²) >= 11 is 0.959. The van der Waals surface area contributed by atoms with Crippen LogP contribution in [-0.4, -0.2) is 50.8 Å². The largest absolute Gasteiger partial charge is 0.467 e. The predicted molar refractivity (Wildman–Crippen MR) is 108 cm³/mol. The number of sulfonamides is 1. The van der Waals surface area contributed by atoms with Crippen LogP contribution in [0.3, 0.4) is 0 Å². The van der Waals surface area contributed by atoms with Crippen LogP contribution >= 0.6 is 0 Å². The Balaban J connectivity index is 1.77. The molecule has 0 bridgehead atoms. The van der Waals surface area contributed by atoms with Crippen molar-refractivity contribution in [2.45, 2.75) is 37.6 Å². The first kappa shape index (κ1) is 21.6. The Morgan fingerprint density at radius 3 is 2.76 bits per heavy atom. The molecule has 1 fully saturated rings. The van der Waals surface area contributed by atoms with E-state index in [4.69, 9.17) is 4.74 Å². The van der Waals surface area contributed by atoms with E-state index < -0.39 is 28.0 Å². The lowest BCUT2D eigenvalue weighted by Crippen LogP contribution is -2.51. The maximum absolute atomic E-state index is 13.2. The summed E-state index contributed by atoms with van der Waals surface area (Å²) in [4.78, 5) is 24.8. The molecule has 2 aliphatic rings. The predicted octanol–water partition coefficient (Wildman–Crippen LogP) is 2.13. The van der Waals surface area contributed by atoms with E-state index in [1.54, 1.807) is 12.1 Å². The summed E-state index contributed by atoms with van der Waals surface area (Å²) in [7, 11) is -2.55. The molecule has 2 aliphatic heterocycles. The van der Waals surface area contributed by atoms with Crippen LogP contribution in [0.25, 0.3) is 0 Å². The molecular formula is C18H24N4O5S2. The van der Waals surface area contributed by atoms with Gasteiger partial charge in [0.25, 0.3) is 0 Å². The van der Waals surface area contributed by atoms with E-state index in [-0.39, 0.29) is 23.3 Å². The van der Waals surface area contributed by atoms with Gasteiger partial charge in [-0.05, 0) is 30.9 Å². The van der Waals surface area contributed by atoms with Gasteiger partial charge in [-0.3, -0.25) is 4.79 Å². The van der Waals surface area contributed by atoms with Gasteiger partial charge < -0.3 is 10.1 Å². The average Bonchev–Trinajstić information content (AvgIpc) is 3.19. The fraction of sp³-hybridized carbons (Fsp3) is 0.556. The van der Waals surface area contributed by atoms with E-state index in [0.717, 1.165) is 11.4 Å². The number of piperidine rings is 1. The Morgan fingerprint density at radius 1 is 1.31 bits per heavy atom. The first-order chi connectivity index (χ1) is 13.8. The number of ether oxygens (including phenoxy) is 1. The number of hydrogen-bond acceptors (Lipinski definition) is 7. The van der Waals surface area contributed by atoms with Gasteiger partial charge in [-0.1, -0.05) is 19.9 Å². The molecule has 9 nitrogen and oxygen atoms in total. The lowest BCUT2D eigenvalue weighted by atomic mass is 9.97. The van der Waals surface area contributed by atoms with Gasteiger partial charge >= 0.3 is 5.97 Å². The summed E-state index contributed by atoms with van der Waals surface area (Å²) in [6, 6.07) is 4.08. The molecule has 11 heteroatoms. The molecule has 3 rings (SSSR count). The fourth-order valence-electron chi connectivity index (χ4n) is 3.40. The standard InChI is InChI=1S/C18H24N4O5S2/c1-11(2)15(18(24)27-3)19-17(23)12-6-5-9-22(10-12)29(25,26)14-8-4-7-13-16(14)21-28-20-13/h4,7-8,11-12,15H,5-6,9-10H2,1-3H3,(H,19,23)/t12-,15-/m1/s1.